The number of hydrogen-bond acceptors (Lipinski definition) is 2. The zero-order valence-corrected chi connectivity index (χ0v) is 12.0. The summed E-state index contributed by atoms with van der Waals surface area (Å²) in [6, 6.07) is 11.0. The van der Waals surface area contributed by atoms with Gasteiger partial charge in [-0.05, 0) is 30.7 Å². The van der Waals surface area contributed by atoms with Gasteiger partial charge in [-0.3, -0.25) is 4.79 Å². The largest absolute Gasteiger partial charge is 0.385 e. The lowest BCUT2D eigenvalue weighted by Gasteiger charge is -2.29. The van der Waals surface area contributed by atoms with E-state index >= 15 is 0 Å². The van der Waals surface area contributed by atoms with Crippen molar-refractivity contribution in [1.29, 1.82) is 0 Å². The average molecular weight is 269 g/mol. The highest BCUT2D eigenvalue weighted by atomic mass is 16.1. The van der Waals surface area contributed by atoms with Crippen LogP contribution in [0.3, 0.4) is 0 Å². The van der Waals surface area contributed by atoms with Crippen LogP contribution in [0.1, 0.15) is 56.4 Å². The number of rotatable bonds is 3. The van der Waals surface area contributed by atoms with Crippen molar-refractivity contribution in [3.8, 4) is 0 Å². The second-order valence-corrected chi connectivity index (χ2v) is 6.13. The van der Waals surface area contributed by atoms with Crippen LogP contribution in [-0.2, 0) is 4.79 Å². The molecule has 0 aromatic heterocycles. The second kappa shape index (κ2) is 6.25. The molecule has 2 aliphatic carbocycles. The first-order chi connectivity index (χ1) is 9.81. The van der Waals surface area contributed by atoms with Crippen LogP contribution in [0.4, 0.5) is 0 Å². The van der Waals surface area contributed by atoms with Crippen LogP contribution in [0, 0.1) is 0 Å². The molecule has 106 valence electrons. The van der Waals surface area contributed by atoms with E-state index in [1.807, 2.05) is 12.1 Å². The molecule has 0 aliphatic heterocycles. The molecular weight excluding hydrogens is 246 g/mol. The van der Waals surface area contributed by atoms with E-state index in [9.17, 15) is 4.79 Å². The van der Waals surface area contributed by atoms with Crippen molar-refractivity contribution in [3.05, 3.63) is 47.7 Å². The fourth-order valence-corrected chi connectivity index (χ4v) is 3.46. The molecule has 0 heterocycles. The monoisotopic (exact) mass is 269 g/mol. The number of carbonyl (C=O) groups excluding carboxylic acids is 1. The number of benzene rings is 1. The Kier molecular flexibility index (Phi) is 4.19. The van der Waals surface area contributed by atoms with Crippen molar-refractivity contribution < 1.29 is 4.79 Å². The minimum atomic E-state index is 0.267. The molecule has 0 spiro atoms. The van der Waals surface area contributed by atoms with Gasteiger partial charge in [-0.25, -0.2) is 0 Å². The van der Waals surface area contributed by atoms with E-state index < -0.39 is 0 Å². The zero-order valence-electron chi connectivity index (χ0n) is 12.0. The first kappa shape index (κ1) is 13.4. The number of nitrogens with one attached hydrogen (secondary N) is 1. The fourth-order valence-electron chi connectivity index (χ4n) is 3.46. The van der Waals surface area contributed by atoms with Gasteiger partial charge in [0, 0.05) is 24.2 Å². The fraction of sp³-hybridized carbons (Fsp3) is 0.500. The maximum atomic E-state index is 12.0. The minimum Gasteiger partial charge on any atom is -0.385 e. The molecule has 0 bridgehead atoms. The van der Waals surface area contributed by atoms with Crippen LogP contribution in [-0.4, -0.2) is 11.8 Å². The third-order valence-corrected chi connectivity index (χ3v) is 4.51. The molecule has 20 heavy (non-hydrogen) atoms. The van der Waals surface area contributed by atoms with E-state index in [2.05, 4.69) is 29.6 Å². The maximum Gasteiger partial charge on any atom is 0.158 e. The van der Waals surface area contributed by atoms with Gasteiger partial charge in [-0.1, -0.05) is 49.6 Å². The number of ketones is 1. The van der Waals surface area contributed by atoms with Gasteiger partial charge >= 0.3 is 0 Å². The summed E-state index contributed by atoms with van der Waals surface area (Å²) in [7, 11) is 0. The van der Waals surface area contributed by atoms with Crippen LogP contribution in [0.15, 0.2) is 42.1 Å². The van der Waals surface area contributed by atoms with Crippen molar-refractivity contribution in [1.82, 2.24) is 5.32 Å². The molecular formula is C18H23NO. The molecule has 0 saturated heterocycles. The Morgan fingerprint density at radius 1 is 0.950 bits per heavy atom. The Bertz CT molecular complexity index is 485. The third kappa shape index (κ3) is 3.30. The predicted octanol–water partition coefficient (Wildman–Crippen LogP) is 3.94. The zero-order chi connectivity index (χ0) is 13.8. The van der Waals surface area contributed by atoms with Gasteiger partial charge in [0.05, 0.1) is 0 Å². The van der Waals surface area contributed by atoms with Crippen LogP contribution >= 0.6 is 0 Å². The lowest BCUT2D eigenvalue weighted by Crippen LogP contribution is -2.32. The highest BCUT2D eigenvalue weighted by molar-refractivity contribution is 5.92. The molecule has 1 fully saturated rings. The van der Waals surface area contributed by atoms with E-state index in [1.54, 1.807) is 0 Å². The smallest absolute Gasteiger partial charge is 0.158 e. The molecule has 2 aliphatic rings. The standard InChI is InChI=1S/C18H23NO/c20-18-12-15(14-7-3-1-4-8-14)11-17(13-18)19-16-9-5-2-6-10-16/h1,3-4,7-8,13,15-16,19H,2,5-6,9-12H2. The average Bonchev–Trinajstić information content (AvgIpc) is 2.49. The van der Waals surface area contributed by atoms with Crippen LogP contribution < -0.4 is 5.32 Å². The van der Waals surface area contributed by atoms with Crippen molar-refractivity contribution in [3.63, 3.8) is 0 Å². The highest BCUT2D eigenvalue weighted by Gasteiger charge is 2.23. The number of allylic oxidation sites excluding steroid dienone is 2. The Balaban J connectivity index is 1.67. The summed E-state index contributed by atoms with van der Waals surface area (Å²) >= 11 is 0. The maximum absolute atomic E-state index is 12.0. The van der Waals surface area contributed by atoms with Crippen molar-refractivity contribution in [2.75, 3.05) is 0 Å². The topological polar surface area (TPSA) is 29.1 Å². The molecule has 1 unspecified atom stereocenters. The molecule has 1 saturated carbocycles. The number of carbonyl (C=O) groups is 1. The lowest BCUT2D eigenvalue weighted by atomic mass is 9.85. The molecule has 1 atom stereocenters. The van der Waals surface area contributed by atoms with Gasteiger partial charge in [0.25, 0.3) is 0 Å². The normalized spacial score (nSPS) is 24.3. The van der Waals surface area contributed by atoms with Crippen LogP contribution in [0.5, 0.6) is 0 Å². The van der Waals surface area contributed by atoms with Crippen LogP contribution in [0.2, 0.25) is 0 Å². The summed E-state index contributed by atoms with van der Waals surface area (Å²) in [4.78, 5) is 12.0. The van der Waals surface area contributed by atoms with Crippen molar-refractivity contribution >= 4 is 5.78 Å². The summed E-state index contributed by atoms with van der Waals surface area (Å²) in [5.41, 5.74) is 2.44. The Hall–Kier alpha value is -1.57. The molecule has 1 aromatic carbocycles. The predicted molar refractivity (Wildman–Crippen MR) is 81.5 cm³/mol. The van der Waals surface area contributed by atoms with Crippen molar-refractivity contribution in [2.45, 2.75) is 56.9 Å². The van der Waals surface area contributed by atoms with Crippen molar-refractivity contribution in [2.24, 2.45) is 0 Å². The van der Waals surface area contributed by atoms with E-state index in [0.29, 0.717) is 18.4 Å². The molecule has 2 nitrogen and oxygen atoms in total. The second-order valence-electron chi connectivity index (χ2n) is 6.13. The lowest BCUT2D eigenvalue weighted by molar-refractivity contribution is -0.115. The molecule has 0 radical (unpaired) electrons. The minimum absolute atomic E-state index is 0.267. The highest BCUT2D eigenvalue weighted by Crippen LogP contribution is 2.31. The van der Waals surface area contributed by atoms with Gasteiger partial charge in [0.15, 0.2) is 5.78 Å². The Morgan fingerprint density at radius 3 is 2.45 bits per heavy atom. The third-order valence-electron chi connectivity index (χ3n) is 4.51. The summed E-state index contributed by atoms with van der Waals surface area (Å²) in [6.45, 7) is 0. The van der Waals surface area contributed by atoms with Gasteiger partial charge in [-0.15, -0.1) is 0 Å². The van der Waals surface area contributed by atoms with E-state index in [-0.39, 0.29) is 5.78 Å². The van der Waals surface area contributed by atoms with Crippen LogP contribution in [0.25, 0.3) is 0 Å². The first-order valence-electron chi connectivity index (χ1n) is 7.86. The van der Waals surface area contributed by atoms with E-state index in [0.717, 1.165) is 12.1 Å². The van der Waals surface area contributed by atoms with E-state index in [1.165, 1.54) is 37.7 Å². The van der Waals surface area contributed by atoms with Gasteiger partial charge in [-0.2, -0.15) is 0 Å². The summed E-state index contributed by atoms with van der Waals surface area (Å²) in [6.07, 6.45) is 9.98. The molecule has 1 aromatic rings. The molecule has 3 rings (SSSR count). The molecule has 0 amide bonds. The SMILES string of the molecule is O=C1C=C(NC2CCCCC2)CC(c2ccccc2)C1. The quantitative estimate of drug-likeness (QED) is 0.900. The number of hydrogen-bond donors (Lipinski definition) is 1. The van der Waals surface area contributed by atoms with Gasteiger partial charge in [0.2, 0.25) is 0 Å². The van der Waals surface area contributed by atoms with E-state index in [4.69, 9.17) is 0 Å². The van der Waals surface area contributed by atoms with Gasteiger partial charge < -0.3 is 5.32 Å². The summed E-state index contributed by atoms with van der Waals surface area (Å²) < 4.78 is 0. The Morgan fingerprint density at radius 2 is 1.70 bits per heavy atom. The first-order valence-corrected chi connectivity index (χ1v) is 7.86. The van der Waals surface area contributed by atoms with Gasteiger partial charge in [0.1, 0.15) is 0 Å². The molecule has 2 heteroatoms. The summed E-state index contributed by atoms with van der Waals surface area (Å²) in [5, 5.41) is 3.63. The Labute approximate surface area is 121 Å². The summed E-state index contributed by atoms with van der Waals surface area (Å²) in [5.74, 6) is 0.614. The molecule has 1 N–H and O–H groups in total.